The van der Waals surface area contributed by atoms with Crippen LogP contribution in [-0.4, -0.2) is 46.2 Å². The summed E-state index contributed by atoms with van der Waals surface area (Å²) in [6.45, 7) is 6.39. The van der Waals surface area contributed by atoms with E-state index in [1.165, 1.54) is 5.56 Å². The predicted octanol–water partition coefficient (Wildman–Crippen LogP) is 2.89. The second-order valence-electron chi connectivity index (χ2n) is 6.34. The van der Waals surface area contributed by atoms with E-state index in [9.17, 15) is 4.79 Å². The van der Waals surface area contributed by atoms with Crippen LogP contribution in [-0.2, 0) is 11.3 Å². The maximum atomic E-state index is 12.2. The van der Waals surface area contributed by atoms with Gasteiger partial charge in [0.1, 0.15) is 0 Å². The SMILES string of the molecule is CC1CN(Cc2ccccc2)CCC1N1CCC(Br)C1=O. The van der Waals surface area contributed by atoms with Gasteiger partial charge in [-0.1, -0.05) is 53.2 Å². The molecule has 4 heteroatoms. The number of hydrogen-bond acceptors (Lipinski definition) is 2. The van der Waals surface area contributed by atoms with Gasteiger partial charge in [-0.2, -0.15) is 0 Å². The highest BCUT2D eigenvalue weighted by Gasteiger charge is 2.38. The minimum Gasteiger partial charge on any atom is -0.338 e. The van der Waals surface area contributed by atoms with Crippen LogP contribution in [0.3, 0.4) is 0 Å². The molecule has 2 fully saturated rings. The molecule has 21 heavy (non-hydrogen) atoms. The second-order valence-corrected chi connectivity index (χ2v) is 7.45. The van der Waals surface area contributed by atoms with Crippen LogP contribution in [0.4, 0.5) is 0 Å². The molecule has 2 aliphatic heterocycles. The largest absolute Gasteiger partial charge is 0.338 e. The zero-order valence-corrected chi connectivity index (χ0v) is 14.1. The molecule has 0 saturated carbocycles. The van der Waals surface area contributed by atoms with Crippen molar-refractivity contribution in [2.24, 2.45) is 5.92 Å². The number of amides is 1. The summed E-state index contributed by atoms with van der Waals surface area (Å²) in [4.78, 5) is 16.9. The van der Waals surface area contributed by atoms with Crippen LogP contribution in [0.5, 0.6) is 0 Å². The number of benzene rings is 1. The van der Waals surface area contributed by atoms with Crippen LogP contribution >= 0.6 is 15.9 Å². The highest BCUT2D eigenvalue weighted by molar-refractivity contribution is 9.10. The lowest BCUT2D eigenvalue weighted by atomic mass is 9.92. The molecule has 0 spiro atoms. The molecule has 0 N–H and O–H groups in total. The minimum absolute atomic E-state index is 0.0482. The molecule has 1 aromatic rings. The summed E-state index contributed by atoms with van der Waals surface area (Å²) < 4.78 is 0. The average Bonchev–Trinajstić information content (AvgIpc) is 2.81. The van der Waals surface area contributed by atoms with E-state index in [-0.39, 0.29) is 4.83 Å². The maximum Gasteiger partial charge on any atom is 0.236 e. The first-order chi connectivity index (χ1) is 10.1. The molecule has 0 aliphatic carbocycles. The van der Waals surface area contributed by atoms with Gasteiger partial charge in [-0.25, -0.2) is 0 Å². The van der Waals surface area contributed by atoms with Gasteiger partial charge in [0.15, 0.2) is 0 Å². The number of carbonyl (C=O) groups is 1. The lowest BCUT2D eigenvalue weighted by molar-refractivity contribution is -0.131. The number of nitrogens with zero attached hydrogens (tertiary/aromatic N) is 2. The van der Waals surface area contributed by atoms with E-state index in [0.717, 1.165) is 39.0 Å². The molecule has 2 saturated heterocycles. The van der Waals surface area contributed by atoms with Gasteiger partial charge in [0, 0.05) is 32.2 Å². The van der Waals surface area contributed by atoms with Crippen molar-refractivity contribution in [1.29, 1.82) is 0 Å². The van der Waals surface area contributed by atoms with Crippen LogP contribution in [0, 0.1) is 5.92 Å². The van der Waals surface area contributed by atoms with E-state index in [1.54, 1.807) is 0 Å². The Morgan fingerprint density at radius 1 is 1.19 bits per heavy atom. The number of hydrogen-bond donors (Lipinski definition) is 0. The Bertz CT molecular complexity index is 493. The smallest absolute Gasteiger partial charge is 0.236 e. The van der Waals surface area contributed by atoms with Gasteiger partial charge >= 0.3 is 0 Å². The van der Waals surface area contributed by atoms with Crippen LogP contribution in [0.2, 0.25) is 0 Å². The van der Waals surface area contributed by atoms with Gasteiger partial charge in [0.2, 0.25) is 5.91 Å². The number of rotatable bonds is 3. The van der Waals surface area contributed by atoms with E-state index in [2.05, 4.69) is 63.0 Å². The Morgan fingerprint density at radius 3 is 2.57 bits per heavy atom. The zero-order valence-electron chi connectivity index (χ0n) is 12.5. The van der Waals surface area contributed by atoms with E-state index in [1.807, 2.05) is 0 Å². The molecule has 2 aliphatic rings. The van der Waals surface area contributed by atoms with Crippen molar-refractivity contribution in [3.05, 3.63) is 35.9 Å². The quantitative estimate of drug-likeness (QED) is 0.782. The third kappa shape index (κ3) is 3.32. The standard InChI is InChI=1S/C17H23BrN2O/c1-13-11-19(12-14-5-3-2-4-6-14)9-8-16(13)20-10-7-15(18)17(20)21/h2-6,13,15-16H,7-12H2,1H3. The van der Waals surface area contributed by atoms with Gasteiger partial charge in [0.05, 0.1) is 4.83 Å². The van der Waals surface area contributed by atoms with Gasteiger partial charge in [0.25, 0.3) is 0 Å². The highest BCUT2D eigenvalue weighted by atomic mass is 79.9. The number of alkyl halides is 1. The molecule has 3 atom stereocenters. The van der Waals surface area contributed by atoms with Crippen molar-refractivity contribution in [1.82, 2.24) is 9.80 Å². The topological polar surface area (TPSA) is 23.6 Å². The number of likely N-dealkylation sites (tertiary alicyclic amines) is 2. The Hall–Kier alpha value is -0.870. The molecular weight excluding hydrogens is 328 g/mol. The zero-order chi connectivity index (χ0) is 14.8. The van der Waals surface area contributed by atoms with Crippen molar-refractivity contribution >= 4 is 21.8 Å². The van der Waals surface area contributed by atoms with Crippen LogP contribution in [0.25, 0.3) is 0 Å². The number of carbonyl (C=O) groups excluding carboxylic acids is 1. The summed E-state index contributed by atoms with van der Waals surface area (Å²) in [5, 5.41) is 0. The maximum absolute atomic E-state index is 12.2. The summed E-state index contributed by atoms with van der Waals surface area (Å²) in [7, 11) is 0. The average molecular weight is 351 g/mol. The lowest BCUT2D eigenvalue weighted by Crippen LogP contribution is -2.50. The highest BCUT2D eigenvalue weighted by Crippen LogP contribution is 2.29. The summed E-state index contributed by atoms with van der Waals surface area (Å²) >= 11 is 3.49. The summed E-state index contributed by atoms with van der Waals surface area (Å²) in [6.07, 6.45) is 2.05. The molecular formula is C17H23BrN2O. The molecule has 3 nitrogen and oxygen atoms in total. The van der Waals surface area contributed by atoms with Gasteiger partial charge in [-0.05, 0) is 24.3 Å². The molecule has 0 aromatic heterocycles. The first-order valence-electron chi connectivity index (χ1n) is 7.86. The van der Waals surface area contributed by atoms with Crippen molar-refractivity contribution in [2.45, 2.75) is 37.2 Å². The summed E-state index contributed by atoms with van der Waals surface area (Å²) in [5.74, 6) is 0.840. The minimum atomic E-state index is 0.0482. The number of halogens is 1. The van der Waals surface area contributed by atoms with E-state index < -0.39 is 0 Å². The second kappa shape index (κ2) is 6.49. The molecule has 2 heterocycles. The van der Waals surface area contributed by atoms with Crippen molar-refractivity contribution in [2.75, 3.05) is 19.6 Å². The fourth-order valence-corrected chi connectivity index (χ4v) is 4.13. The number of piperidine rings is 1. The molecule has 0 bridgehead atoms. The van der Waals surface area contributed by atoms with Crippen molar-refractivity contribution in [3.63, 3.8) is 0 Å². The molecule has 1 amide bonds. The molecule has 114 valence electrons. The van der Waals surface area contributed by atoms with Crippen molar-refractivity contribution in [3.8, 4) is 0 Å². The van der Waals surface area contributed by atoms with Gasteiger partial charge in [-0.15, -0.1) is 0 Å². The van der Waals surface area contributed by atoms with Gasteiger partial charge in [-0.3, -0.25) is 9.69 Å². The van der Waals surface area contributed by atoms with Crippen LogP contribution in [0.15, 0.2) is 30.3 Å². The first kappa shape index (κ1) is 15.0. The van der Waals surface area contributed by atoms with E-state index >= 15 is 0 Å². The van der Waals surface area contributed by atoms with Gasteiger partial charge < -0.3 is 4.90 Å². The summed E-state index contributed by atoms with van der Waals surface area (Å²) in [5.41, 5.74) is 1.38. The fourth-order valence-electron chi connectivity index (χ4n) is 3.66. The van der Waals surface area contributed by atoms with Crippen LogP contribution in [0.1, 0.15) is 25.3 Å². The molecule has 1 aromatic carbocycles. The Balaban J connectivity index is 1.58. The van der Waals surface area contributed by atoms with Crippen LogP contribution < -0.4 is 0 Å². The molecule has 3 unspecified atom stereocenters. The Labute approximate surface area is 135 Å². The third-order valence-electron chi connectivity index (χ3n) is 4.77. The normalized spacial score (nSPS) is 30.9. The predicted molar refractivity (Wildman–Crippen MR) is 88.3 cm³/mol. The third-order valence-corrected chi connectivity index (χ3v) is 5.62. The fraction of sp³-hybridized carbons (Fsp3) is 0.588. The lowest BCUT2D eigenvalue weighted by Gasteiger charge is -2.41. The van der Waals surface area contributed by atoms with Crippen molar-refractivity contribution < 1.29 is 4.79 Å². The monoisotopic (exact) mass is 350 g/mol. The molecule has 3 rings (SSSR count). The Kier molecular flexibility index (Phi) is 4.65. The summed E-state index contributed by atoms with van der Waals surface area (Å²) in [6, 6.07) is 11.1. The van der Waals surface area contributed by atoms with E-state index in [4.69, 9.17) is 0 Å². The first-order valence-corrected chi connectivity index (χ1v) is 8.77. The molecule has 0 radical (unpaired) electrons. The Morgan fingerprint density at radius 2 is 1.95 bits per heavy atom. The van der Waals surface area contributed by atoms with E-state index in [0.29, 0.717) is 17.9 Å².